The Hall–Kier alpha value is -3.26. The molecule has 0 spiro atoms. The van der Waals surface area contributed by atoms with Gasteiger partial charge in [0.05, 0.1) is 0 Å². The summed E-state index contributed by atoms with van der Waals surface area (Å²) >= 11 is 1.32. The number of thiazole rings is 1. The first-order valence-corrected chi connectivity index (χ1v) is 9.96. The second-order valence-corrected chi connectivity index (χ2v) is 7.42. The van der Waals surface area contributed by atoms with E-state index in [1.165, 1.54) is 17.4 Å². The van der Waals surface area contributed by atoms with Gasteiger partial charge in [-0.05, 0) is 24.6 Å². The van der Waals surface area contributed by atoms with E-state index in [4.69, 9.17) is 4.74 Å². The highest BCUT2D eigenvalue weighted by atomic mass is 32.1. The van der Waals surface area contributed by atoms with Gasteiger partial charge in [0.2, 0.25) is 0 Å². The summed E-state index contributed by atoms with van der Waals surface area (Å²) < 4.78 is 19.6. The molecule has 2 amide bonds. The Balaban J connectivity index is 1.45. The zero-order chi connectivity index (χ0) is 20.2. The van der Waals surface area contributed by atoms with Gasteiger partial charge in [0.25, 0.3) is 11.8 Å². The van der Waals surface area contributed by atoms with Crippen LogP contribution in [0.4, 0.5) is 9.52 Å². The van der Waals surface area contributed by atoms with E-state index in [0.29, 0.717) is 35.0 Å². The Morgan fingerprint density at radius 3 is 2.90 bits per heavy atom. The van der Waals surface area contributed by atoms with Gasteiger partial charge < -0.3 is 9.64 Å². The van der Waals surface area contributed by atoms with Crippen LogP contribution in [-0.4, -0.2) is 34.8 Å². The van der Waals surface area contributed by atoms with Crippen molar-refractivity contribution in [2.75, 3.05) is 18.5 Å². The third-order valence-electron chi connectivity index (χ3n) is 4.64. The van der Waals surface area contributed by atoms with Gasteiger partial charge in [0.1, 0.15) is 11.6 Å². The average Bonchev–Trinajstić information content (AvgIpc) is 3.23. The fraction of sp³-hybridized carbons (Fsp3) is 0.190. The highest BCUT2D eigenvalue weighted by molar-refractivity contribution is 7.13. The van der Waals surface area contributed by atoms with E-state index in [9.17, 15) is 14.0 Å². The van der Waals surface area contributed by atoms with Crippen LogP contribution in [0.1, 0.15) is 21.5 Å². The zero-order valence-electron chi connectivity index (χ0n) is 15.4. The van der Waals surface area contributed by atoms with Crippen molar-refractivity contribution in [2.45, 2.75) is 13.0 Å². The molecule has 0 fully saturated rings. The minimum atomic E-state index is -0.325. The topological polar surface area (TPSA) is 71.5 Å². The van der Waals surface area contributed by atoms with E-state index < -0.39 is 0 Å². The van der Waals surface area contributed by atoms with Crippen LogP contribution in [0.5, 0.6) is 5.75 Å². The molecule has 2 aromatic carbocycles. The maximum absolute atomic E-state index is 13.9. The molecule has 29 heavy (non-hydrogen) atoms. The molecule has 2 heterocycles. The quantitative estimate of drug-likeness (QED) is 0.674. The Kier molecular flexibility index (Phi) is 5.53. The molecule has 148 valence electrons. The molecule has 0 atom stereocenters. The first-order chi connectivity index (χ1) is 14.1. The lowest BCUT2D eigenvalue weighted by molar-refractivity contribution is -0.118. The SMILES string of the molecule is O=C(COc1cccc2c1CCN(Cc1ccccc1F)C2=O)Nc1nccs1. The van der Waals surface area contributed by atoms with Crippen LogP contribution < -0.4 is 10.1 Å². The molecular formula is C21H18FN3O3S. The van der Waals surface area contributed by atoms with Crippen molar-refractivity contribution in [3.05, 3.63) is 76.5 Å². The molecule has 0 radical (unpaired) electrons. The molecule has 0 aliphatic carbocycles. The molecule has 0 bridgehead atoms. The van der Waals surface area contributed by atoms with Crippen LogP contribution in [0.25, 0.3) is 0 Å². The Morgan fingerprint density at radius 1 is 1.24 bits per heavy atom. The minimum absolute atomic E-state index is 0.174. The van der Waals surface area contributed by atoms with Crippen LogP contribution in [0, 0.1) is 5.82 Å². The molecule has 1 N–H and O–H groups in total. The molecule has 3 aromatic rings. The Labute approximate surface area is 171 Å². The number of nitrogens with zero attached hydrogens (tertiary/aromatic N) is 2. The molecule has 1 aromatic heterocycles. The van der Waals surface area contributed by atoms with Crippen molar-refractivity contribution in [2.24, 2.45) is 0 Å². The van der Waals surface area contributed by atoms with Crippen LogP contribution in [0.2, 0.25) is 0 Å². The number of halogens is 1. The summed E-state index contributed by atoms with van der Waals surface area (Å²) in [5.41, 5.74) is 1.77. The Morgan fingerprint density at radius 2 is 2.10 bits per heavy atom. The molecule has 1 aliphatic heterocycles. The van der Waals surface area contributed by atoms with Crippen LogP contribution in [-0.2, 0) is 17.8 Å². The van der Waals surface area contributed by atoms with Crippen molar-refractivity contribution in [1.29, 1.82) is 0 Å². The number of aromatic nitrogens is 1. The molecule has 4 rings (SSSR count). The third-order valence-corrected chi connectivity index (χ3v) is 5.33. The molecule has 6 nitrogen and oxygen atoms in total. The minimum Gasteiger partial charge on any atom is -0.483 e. The van der Waals surface area contributed by atoms with Gasteiger partial charge in [0, 0.05) is 41.4 Å². The number of hydrogen-bond donors (Lipinski definition) is 1. The summed E-state index contributed by atoms with van der Waals surface area (Å²) in [5, 5.41) is 4.93. The van der Waals surface area contributed by atoms with Crippen molar-refractivity contribution >= 4 is 28.3 Å². The fourth-order valence-electron chi connectivity index (χ4n) is 3.24. The Bertz CT molecular complexity index is 1040. The number of carbonyl (C=O) groups excluding carboxylic acids is 2. The molecular weight excluding hydrogens is 393 g/mol. The summed E-state index contributed by atoms with van der Waals surface area (Å²) in [4.78, 5) is 30.5. The highest BCUT2D eigenvalue weighted by Crippen LogP contribution is 2.29. The predicted octanol–water partition coefficient (Wildman–Crippen LogP) is 3.50. The van der Waals surface area contributed by atoms with Crippen LogP contribution >= 0.6 is 11.3 Å². The third kappa shape index (κ3) is 4.27. The number of carbonyl (C=O) groups is 2. The standard InChI is InChI=1S/C21H18FN3O3S/c22-17-6-2-1-4-14(17)12-25-10-8-15-16(20(25)27)5-3-7-18(15)28-13-19(26)24-21-23-9-11-29-21/h1-7,9,11H,8,10,12-13H2,(H,23,24,26). The number of nitrogens with one attached hydrogen (secondary N) is 1. The summed E-state index contributed by atoms with van der Waals surface area (Å²) in [5.74, 6) is -0.307. The number of benzene rings is 2. The molecule has 0 saturated heterocycles. The highest BCUT2D eigenvalue weighted by Gasteiger charge is 2.27. The van der Waals surface area contributed by atoms with Crippen molar-refractivity contribution in [3.63, 3.8) is 0 Å². The summed E-state index contributed by atoms with van der Waals surface area (Å²) in [6, 6.07) is 11.6. The number of ether oxygens (including phenoxy) is 1. The van der Waals surface area contributed by atoms with Gasteiger partial charge in [-0.1, -0.05) is 24.3 Å². The first-order valence-electron chi connectivity index (χ1n) is 9.08. The van der Waals surface area contributed by atoms with Crippen LogP contribution in [0.3, 0.4) is 0 Å². The average molecular weight is 411 g/mol. The number of fused-ring (bicyclic) bond motifs is 1. The van der Waals surface area contributed by atoms with Crippen LogP contribution in [0.15, 0.2) is 54.0 Å². The molecule has 1 aliphatic rings. The van der Waals surface area contributed by atoms with Gasteiger partial charge in [-0.25, -0.2) is 9.37 Å². The van der Waals surface area contributed by atoms with E-state index in [-0.39, 0.29) is 30.8 Å². The van der Waals surface area contributed by atoms with E-state index >= 15 is 0 Å². The fourth-order valence-corrected chi connectivity index (χ4v) is 3.79. The first kappa shape index (κ1) is 19.1. The number of hydrogen-bond acceptors (Lipinski definition) is 5. The van der Waals surface area contributed by atoms with Crippen molar-refractivity contribution < 1.29 is 18.7 Å². The number of rotatable bonds is 6. The lowest BCUT2D eigenvalue weighted by atomic mass is 9.97. The van der Waals surface area contributed by atoms with Gasteiger partial charge in [-0.15, -0.1) is 11.3 Å². The monoisotopic (exact) mass is 411 g/mol. The number of amides is 2. The summed E-state index contributed by atoms with van der Waals surface area (Å²) in [6.45, 7) is 0.487. The molecule has 8 heteroatoms. The van der Waals surface area contributed by atoms with Crippen molar-refractivity contribution in [1.82, 2.24) is 9.88 Å². The van der Waals surface area contributed by atoms with Gasteiger partial charge in [-0.3, -0.25) is 14.9 Å². The molecule has 0 saturated carbocycles. The van der Waals surface area contributed by atoms with Gasteiger partial charge in [-0.2, -0.15) is 0 Å². The van der Waals surface area contributed by atoms with E-state index in [1.807, 2.05) is 0 Å². The van der Waals surface area contributed by atoms with E-state index in [2.05, 4.69) is 10.3 Å². The summed E-state index contributed by atoms with van der Waals surface area (Å²) in [7, 11) is 0. The largest absolute Gasteiger partial charge is 0.483 e. The molecule has 0 unspecified atom stereocenters. The second-order valence-electron chi connectivity index (χ2n) is 6.52. The maximum Gasteiger partial charge on any atom is 0.264 e. The lowest BCUT2D eigenvalue weighted by Crippen LogP contribution is -2.37. The van der Waals surface area contributed by atoms with E-state index in [1.54, 1.807) is 52.9 Å². The smallest absolute Gasteiger partial charge is 0.264 e. The van der Waals surface area contributed by atoms with E-state index in [0.717, 1.165) is 5.56 Å². The maximum atomic E-state index is 13.9. The normalized spacial score (nSPS) is 13.1. The predicted molar refractivity (Wildman–Crippen MR) is 108 cm³/mol. The summed E-state index contributed by atoms with van der Waals surface area (Å²) in [6.07, 6.45) is 2.17. The second kappa shape index (κ2) is 8.40. The number of anilines is 1. The zero-order valence-corrected chi connectivity index (χ0v) is 16.2. The van der Waals surface area contributed by atoms with Crippen molar-refractivity contribution in [3.8, 4) is 5.75 Å². The van der Waals surface area contributed by atoms with Gasteiger partial charge >= 0.3 is 0 Å². The lowest BCUT2D eigenvalue weighted by Gasteiger charge is -2.29. The van der Waals surface area contributed by atoms with Gasteiger partial charge in [0.15, 0.2) is 11.7 Å².